The SMILES string of the molecule is Cc1c2c(cc(Cl)c1-c1cc(C(=O)O)[nH]n1)OCCO2. The average Bonchev–Trinajstić information content (AvgIpc) is 2.88. The van der Waals surface area contributed by atoms with Gasteiger partial charge in [-0.2, -0.15) is 5.10 Å². The van der Waals surface area contributed by atoms with E-state index in [0.29, 0.717) is 41.0 Å². The van der Waals surface area contributed by atoms with Crippen LogP contribution in [-0.4, -0.2) is 34.5 Å². The number of rotatable bonds is 2. The van der Waals surface area contributed by atoms with Crippen molar-refractivity contribution in [1.82, 2.24) is 10.2 Å². The Morgan fingerprint density at radius 1 is 1.40 bits per heavy atom. The lowest BCUT2D eigenvalue weighted by atomic mass is 10.0. The lowest BCUT2D eigenvalue weighted by Gasteiger charge is -2.22. The standard InChI is InChI=1S/C13H11ClN2O4/c1-6-11(8-5-9(13(17)18)16-15-8)7(14)4-10-12(6)20-3-2-19-10/h4-5H,2-3H2,1H3,(H,15,16)(H,17,18). The molecule has 2 heterocycles. The minimum Gasteiger partial charge on any atom is -0.486 e. The summed E-state index contributed by atoms with van der Waals surface area (Å²) >= 11 is 6.25. The van der Waals surface area contributed by atoms with E-state index in [-0.39, 0.29) is 5.69 Å². The van der Waals surface area contributed by atoms with Gasteiger partial charge < -0.3 is 14.6 Å². The fourth-order valence-electron chi connectivity index (χ4n) is 2.19. The summed E-state index contributed by atoms with van der Waals surface area (Å²) in [6.45, 7) is 2.79. The van der Waals surface area contributed by atoms with Crippen molar-refractivity contribution in [1.29, 1.82) is 0 Å². The fraction of sp³-hybridized carbons (Fsp3) is 0.231. The summed E-state index contributed by atoms with van der Waals surface area (Å²) in [5, 5.41) is 15.8. The predicted molar refractivity (Wildman–Crippen MR) is 71.7 cm³/mol. The third-order valence-electron chi connectivity index (χ3n) is 3.09. The average molecular weight is 295 g/mol. The Hall–Kier alpha value is -2.21. The van der Waals surface area contributed by atoms with E-state index in [4.69, 9.17) is 26.2 Å². The third-order valence-corrected chi connectivity index (χ3v) is 3.39. The molecule has 20 heavy (non-hydrogen) atoms. The van der Waals surface area contributed by atoms with E-state index < -0.39 is 5.97 Å². The first kappa shape index (κ1) is 12.8. The summed E-state index contributed by atoms with van der Waals surface area (Å²) < 4.78 is 11.1. The highest BCUT2D eigenvalue weighted by molar-refractivity contribution is 6.33. The number of carboxylic acids is 1. The highest BCUT2D eigenvalue weighted by Crippen LogP contribution is 2.43. The van der Waals surface area contributed by atoms with Gasteiger partial charge in [0.2, 0.25) is 0 Å². The first-order chi connectivity index (χ1) is 9.58. The number of ether oxygens (including phenoxy) is 2. The molecule has 2 aromatic rings. The van der Waals surface area contributed by atoms with Crippen LogP contribution in [0.15, 0.2) is 12.1 Å². The molecule has 0 amide bonds. The number of aromatic carboxylic acids is 1. The minimum absolute atomic E-state index is 0.00496. The van der Waals surface area contributed by atoms with Gasteiger partial charge in [-0.05, 0) is 13.0 Å². The molecule has 0 spiro atoms. The number of carbonyl (C=O) groups is 1. The number of H-pyrrole nitrogens is 1. The zero-order valence-electron chi connectivity index (χ0n) is 10.6. The Morgan fingerprint density at radius 3 is 2.85 bits per heavy atom. The molecule has 2 N–H and O–H groups in total. The van der Waals surface area contributed by atoms with Crippen LogP contribution in [0.3, 0.4) is 0 Å². The second kappa shape index (κ2) is 4.72. The number of fused-ring (bicyclic) bond motifs is 1. The zero-order chi connectivity index (χ0) is 14.3. The van der Waals surface area contributed by atoms with Crippen LogP contribution in [0.25, 0.3) is 11.3 Å². The first-order valence-corrected chi connectivity index (χ1v) is 6.33. The zero-order valence-corrected chi connectivity index (χ0v) is 11.3. The van der Waals surface area contributed by atoms with Gasteiger partial charge in [0.25, 0.3) is 0 Å². The number of benzene rings is 1. The predicted octanol–water partition coefficient (Wildman–Crippen LogP) is 2.51. The summed E-state index contributed by atoms with van der Waals surface area (Å²) in [6.07, 6.45) is 0. The molecule has 0 atom stereocenters. The van der Waals surface area contributed by atoms with E-state index in [2.05, 4.69) is 10.2 Å². The van der Waals surface area contributed by atoms with Crippen molar-refractivity contribution in [2.75, 3.05) is 13.2 Å². The number of nitrogens with one attached hydrogen (secondary N) is 1. The molecule has 1 aromatic heterocycles. The van der Waals surface area contributed by atoms with E-state index in [1.807, 2.05) is 6.92 Å². The van der Waals surface area contributed by atoms with E-state index in [9.17, 15) is 4.79 Å². The third kappa shape index (κ3) is 1.98. The van der Waals surface area contributed by atoms with Crippen LogP contribution < -0.4 is 9.47 Å². The molecule has 0 fully saturated rings. The Morgan fingerprint density at radius 2 is 2.15 bits per heavy atom. The largest absolute Gasteiger partial charge is 0.486 e. The van der Waals surface area contributed by atoms with Gasteiger partial charge in [-0.3, -0.25) is 5.10 Å². The van der Waals surface area contributed by atoms with E-state index in [1.54, 1.807) is 6.07 Å². The summed E-state index contributed by atoms with van der Waals surface area (Å²) in [5.41, 5.74) is 1.88. The maximum absolute atomic E-state index is 10.9. The molecule has 1 aromatic carbocycles. The van der Waals surface area contributed by atoms with Gasteiger partial charge in [0.05, 0.1) is 10.7 Å². The molecule has 0 aliphatic carbocycles. The van der Waals surface area contributed by atoms with E-state index in [0.717, 1.165) is 5.56 Å². The molecule has 1 aliphatic heterocycles. The van der Waals surface area contributed by atoms with Gasteiger partial charge in [-0.25, -0.2) is 4.79 Å². The summed E-state index contributed by atoms with van der Waals surface area (Å²) in [6, 6.07) is 3.10. The van der Waals surface area contributed by atoms with Crippen molar-refractivity contribution in [3.05, 3.63) is 28.4 Å². The Bertz CT molecular complexity index is 696. The van der Waals surface area contributed by atoms with Crippen LogP contribution >= 0.6 is 11.6 Å². The minimum atomic E-state index is -1.07. The number of carboxylic acid groups (broad SMARTS) is 1. The number of aromatic amines is 1. The molecule has 1 aliphatic rings. The smallest absolute Gasteiger partial charge is 0.353 e. The number of halogens is 1. The second-order valence-corrected chi connectivity index (χ2v) is 4.76. The first-order valence-electron chi connectivity index (χ1n) is 5.95. The van der Waals surface area contributed by atoms with Gasteiger partial charge >= 0.3 is 5.97 Å². The summed E-state index contributed by atoms with van der Waals surface area (Å²) in [5.74, 6) is 0.141. The molecule has 3 rings (SSSR count). The molecule has 0 saturated heterocycles. The van der Waals surface area contributed by atoms with Crippen LogP contribution in [-0.2, 0) is 0 Å². The molecule has 6 nitrogen and oxygen atoms in total. The van der Waals surface area contributed by atoms with Crippen molar-refractivity contribution in [2.24, 2.45) is 0 Å². The van der Waals surface area contributed by atoms with E-state index >= 15 is 0 Å². The van der Waals surface area contributed by atoms with E-state index in [1.165, 1.54) is 6.07 Å². The fourth-order valence-corrected chi connectivity index (χ4v) is 2.52. The maximum Gasteiger partial charge on any atom is 0.353 e. The van der Waals surface area contributed by atoms with Gasteiger partial charge in [0, 0.05) is 17.2 Å². The van der Waals surface area contributed by atoms with Crippen molar-refractivity contribution in [3.8, 4) is 22.8 Å². The Labute approximate surface area is 119 Å². The monoisotopic (exact) mass is 294 g/mol. The van der Waals surface area contributed by atoms with Gasteiger partial charge in [-0.15, -0.1) is 0 Å². The lowest BCUT2D eigenvalue weighted by molar-refractivity contribution is 0.0690. The van der Waals surface area contributed by atoms with Crippen LogP contribution in [0.5, 0.6) is 11.5 Å². The normalized spacial score (nSPS) is 13.3. The van der Waals surface area contributed by atoms with Gasteiger partial charge in [0.15, 0.2) is 11.5 Å². The van der Waals surface area contributed by atoms with Crippen molar-refractivity contribution in [3.63, 3.8) is 0 Å². The van der Waals surface area contributed by atoms with Crippen molar-refractivity contribution >= 4 is 17.6 Å². The van der Waals surface area contributed by atoms with Crippen LogP contribution in [0.4, 0.5) is 0 Å². The topological polar surface area (TPSA) is 84.4 Å². The van der Waals surface area contributed by atoms with Crippen LogP contribution in [0.2, 0.25) is 5.02 Å². The quantitative estimate of drug-likeness (QED) is 0.889. The summed E-state index contributed by atoms with van der Waals surface area (Å²) in [4.78, 5) is 10.9. The van der Waals surface area contributed by atoms with Gasteiger partial charge in [-0.1, -0.05) is 11.6 Å². The van der Waals surface area contributed by atoms with Gasteiger partial charge in [0.1, 0.15) is 18.9 Å². The molecule has 0 unspecified atom stereocenters. The molecular formula is C13H11ClN2O4. The van der Waals surface area contributed by atoms with Crippen LogP contribution in [0.1, 0.15) is 16.1 Å². The highest BCUT2D eigenvalue weighted by atomic mass is 35.5. The number of hydrogen-bond donors (Lipinski definition) is 2. The molecule has 0 bridgehead atoms. The highest BCUT2D eigenvalue weighted by Gasteiger charge is 2.22. The maximum atomic E-state index is 10.9. The van der Waals surface area contributed by atoms with Crippen molar-refractivity contribution in [2.45, 2.75) is 6.92 Å². The number of aromatic nitrogens is 2. The van der Waals surface area contributed by atoms with Crippen molar-refractivity contribution < 1.29 is 19.4 Å². The lowest BCUT2D eigenvalue weighted by Crippen LogP contribution is -2.16. The second-order valence-electron chi connectivity index (χ2n) is 4.35. The molecule has 104 valence electrons. The Balaban J connectivity index is 2.15. The molecule has 7 heteroatoms. The summed E-state index contributed by atoms with van der Waals surface area (Å²) in [7, 11) is 0. The van der Waals surface area contributed by atoms with Crippen LogP contribution in [0, 0.1) is 6.92 Å². The molecule has 0 saturated carbocycles. The molecule has 0 radical (unpaired) electrons. The number of hydrogen-bond acceptors (Lipinski definition) is 4. The Kier molecular flexibility index (Phi) is 3.02. The molecular weight excluding hydrogens is 284 g/mol. The number of nitrogens with zero attached hydrogens (tertiary/aromatic N) is 1.